The van der Waals surface area contributed by atoms with E-state index in [-0.39, 0.29) is 0 Å². The van der Waals surface area contributed by atoms with Crippen molar-refractivity contribution in [2.24, 2.45) is 0 Å². The summed E-state index contributed by atoms with van der Waals surface area (Å²) < 4.78 is 0. The van der Waals surface area contributed by atoms with E-state index in [1.807, 2.05) is 6.92 Å². The van der Waals surface area contributed by atoms with Gasteiger partial charge in [-0.15, -0.1) is 0 Å². The second-order valence-corrected chi connectivity index (χ2v) is 2.05. The average molecular weight is 161 g/mol. The van der Waals surface area contributed by atoms with Gasteiger partial charge >= 0.3 is 0 Å². The number of rotatable bonds is 4. The number of amides is 1. The van der Waals surface area contributed by atoms with Crippen LogP contribution in [-0.2, 0) is 4.79 Å². The van der Waals surface area contributed by atoms with Crippen molar-refractivity contribution in [3.63, 3.8) is 0 Å². The molecule has 0 fully saturated rings. The van der Waals surface area contributed by atoms with E-state index in [0.29, 0.717) is 11.5 Å². The van der Waals surface area contributed by atoms with E-state index >= 15 is 0 Å². The number of thiocarbonyl (C=S) groups is 1. The predicted octanol–water partition coefficient (Wildman–Crippen LogP) is -0.478. The molecule has 5 heteroatoms. The lowest BCUT2D eigenvalue weighted by atomic mass is 10.5. The molecule has 0 aliphatic rings. The molecule has 0 unspecified atom stereocenters. The molecule has 58 valence electrons. The van der Waals surface area contributed by atoms with Gasteiger partial charge in [-0.25, -0.2) is 0 Å². The van der Waals surface area contributed by atoms with E-state index in [1.54, 1.807) is 0 Å². The molecule has 0 heterocycles. The molecule has 0 aliphatic heterocycles. The molecule has 4 nitrogen and oxygen atoms in total. The number of hydrazine groups is 1. The maximum absolute atomic E-state index is 9.72. The van der Waals surface area contributed by atoms with Gasteiger partial charge in [-0.05, 0) is 18.6 Å². The maximum atomic E-state index is 9.72. The highest BCUT2D eigenvalue weighted by atomic mass is 32.1. The lowest BCUT2D eigenvalue weighted by molar-refractivity contribution is -0.110. The fourth-order valence-electron chi connectivity index (χ4n) is 0.378. The Morgan fingerprint density at radius 1 is 1.70 bits per heavy atom. The third kappa shape index (κ3) is 5.30. The molecule has 1 amide bonds. The van der Waals surface area contributed by atoms with Crippen LogP contribution in [0.15, 0.2) is 0 Å². The Labute approximate surface area is 65.3 Å². The fraction of sp³-hybridized carbons (Fsp3) is 0.600. The summed E-state index contributed by atoms with van der Waals surface area (Å²) in [7, 11) is 0. The van der Waals surface area contributed by atoms with Crippen LogP contribution in [0.3, 0.4) is 0 Å². The molecule has 0 aromatic heterocycles. The summed E-state index contributed by atoms with van der Waals surface area (Å²) in [4.78, 5) is 9.72. The van der Waals surface area contributed by atoms with Crippen molar-refractivity contribution < 1.29 is 4.79 Å². The summed E-state index contributed by atoms with van der Waals surface area (Å²) in [5.74, 6) is 0. The van der Waals surface area contributed by atoms with Gasteiger partial charge in [0.15, 0.2) is 5.11 Å². The third-order valence-electron chi connectivity index (χ3n) is 0.780. The van der Waals surface area contributed by atoms with E-state index in [2.05, 4.69) is 16.2 Å². The average Bonchev–Trinajstić information content (AvgIpc) is 1.97. The lowest BCUT2D eigenvalue weighted by Gasteiger charge is -2.06. The van der Waals surface area contributed by atoms with Gasteiger partial charge in [0.05, 0.1) is 0 Å². The molecule has 0 atom stereocenters. The van der Waals surface area contributed by atoms with Gasteiger partial charge in [0.2, 0.25) is 6.41 Å². The molecule has 10 heavy (non-hydrogen) atoms. The molecule has 0 spiro atoms. The summed E-state index contributed by atoms with van der Waals surface area (Å²) in [6.45, 7) is 2.84. The Kier molecular flexibility index (Phi) is 5.75. The van der Waals surface area contributed by atoms with Crippen LogP contribution in [0.4, 0.5) is 0 Å². The van der Waals surface area contributed by atoms with Crippen molar-refractivity contribution >= 4 is 23.7 Å². The molecule has 0 rings (SSSR count). The summed E-state index contributed by atoms with van der Waals surface area (Å²) in [6, 6.07) is 0. The summed E-state index contributed by atoms with van der Waals surface area (Å²) in [5, 5.41) is 3.30. The molecule has 0 aromatic carbocycles. The van der Waals surface area contributed by atoms with Crippen LogP contribution in [0.5, 0.6) is 0 Å². The molecular weight excluding hydrogens is 150 g/mol. The number of carbonyl (C=O) groups excluding carboxylic acids is 1. The highest BCUT2D eigenvalue weighted by molar-refractivity contribution is 7.80. The Hall–Kier alpha value is -0.840. The zero-order valence-corrected chi connectivity index (χ0v) is 6.62. The van der Waals surface area contributed by atoms with Crippen molar-refractivity contribution in [3.05, 3.63) is 0 Å². The molecule has 0 bridgehead atoms. The van der Waals surface area contributed by atoms with E-state index in [9.17, 15) is 4.79 Å². The molecule has 3 N–H and O–H groups in total. The zero-order chi connectivity index (χ0) is 7.82. The molecule has 0 aromatic rings. The molecule has 0 aliphatic carbocycles. The van der Waals surface area contributed by atoms with Gasteiger partial charge in [0.25, 0.3) is 0 Å². The van der Waals surface area contributed by atoms with Gasteiger partial charge in [-0.3, -0.25) is 15.6 Å². The third-order valence-corrected chi connectivity index (χ3v) is 1.03. The van der Waals surface area contributed by atoms with Crippen molar-refractivity contribution in [2.45, 2.75) is 13.3 Å². The minimum absolute atomic E-state index is 0.439. The molecule has 0 saturated carbocycles. The van der Waals surface area contributed by atoms with Gasteiger partial charge in [-0.1, -0.05) is 6.92 Å². The van der Waals surface area contributed by atoms with Crippen molar-refractivity contribution in [3.8, 4) is 0 Å². The summed E-state index contributed by atoms with van der Waals surface area (Å²) in [5.41, 5.74) is 4.69. The Balaban J connectivity index is 3.16. The first kappa shape index (κ1) is 9.16. The Morgan fingerprint density at radius 2 is 2.40 bits per heavy atom. The first-order valence-corrected chi connectivity index (χ1v) is 3.45. The smallest absolute Gasteiger partial charge is 0.225 e. The van der Waals surface area contributed by atoms with Crippen molar-refractivity contribution in [1.29, 1.82) is 0 Å². The number of hydrogen-bond acceptors (Lipinski definition) is 2. The highest BCUT2D eigenvalue weighted by Gasteiger charge is 1.88. The normalized spacial score (nSPS) is 8.10. The second-order valence-electron chi connectivity index (χ2n) is 1.64. The quantitative estimate of drug-likeness (QED) is 0.296. The Morgan fingerprint density at radius 3 is 2.90 bits per heavy atom. The minimum Gasteiger partial charge on any atom is -0.361 e. The van der Waals surface area contributed by atoms with Crippen LogP contribution in [-0.4, -0.2) is 18.1 Å². The van der Waals surface area contributed by atoms with E-state index in [4.69, 9.17) is 12.2 Å². The molecular formula is C5H11N3OS. The standard InChI is InChI=1S/C5H11N3OS/c1-2-3-6-5(10)8-7-4-9/h4H,2-3H2,1H3,(H,7,9)(H2,6,8,10). The van der Waals surface area contributed by atoms with E-state index in [1.165, 1.54) is 0 Å². The zero-order valence-electron chi connectivity index (χ0n) is 5.81. The molecule has 0 radical (unpaired) electrons. The van der Waals surface area contributed by atoms with Crippen LogP contribution in [0.2, 0.25) is 0 Å². The monoisotopic (exact) mass is 161 g/mol. The van der Waals surface area contributed by atoms with Crippen molar-refractivity contribution in [2.75, 3.05) is 6.54 Å². The predicted molar refractivity (Wildman–Crippen MR) is 43.2 cm³/mol. The van der Waals surface area contributed by atoms with Crippen molar-refractivity contribution in [1.82, 2.24) is 16.2 Å². The first-order valence-electron chi connectivity index (χ1n) is 3.04. The van der Waals surface area contributed by atoms with Gasteiger partial charge in [0, 0.05) is 6.54 Å². The highest BCUT2D eigenvalue weighted by Crippen LogP contribution is 1.69. The van der Waals surface area contributed by atoms with Crippen LogP contribution in [0.1, 0.15) is 13.3 Å². The molecule has 0 saturated heterocycles. The van der Waals surface area contributed by atoms with E-state index < -0.39 is 0 Å². The van der Waals surface area contributed by atoms with E-state index in [0.717, 1.165) is 13.0 Å². The maximum Gasteiger partial charge on any atom is 0.225 e. The minimum atomic E-state index is 0.439. The van der Waals surface area contributed by atoms with Crippen LogP contribution >= 0.6 is 12.2 Å². The second kappa shape index (κ2) is 6.28. The Bertz CT molecular complexity index is 117. The number of hydrogen-bond donors (Lipinski definition) is 3. The number of nitrogens with one attached hydrogen (secondary N) is 3. The van der Waals surface area contributed by atoms with Gasteiger partial charge < -0.3 is 5.32 Å². The SMILES string of the molecule is CCCNC(=S)NNC=O. The number of carbonyl (C=O) groups is 1. The largest absolute Gasteiger partial charge is 0.361 e. The van der Waals surface area contributed by atoms with Gasteiger partial charge in [0.1, 0.15) is 0 Å². The summed E-state index contributed by atoms with van der Waals surface area (Å²) >= 11 is 4.74. The fourth-order valence-corrected chi connectivity index (χ4v) is 0.539. The summed E-state index contributed by atoms with van der Waals surface area (Å²) in [6.07, 6.45) is 1.53. The van der Waals surface area contributed by atoms with Crippen LogP contribution in [0.25, 0.3) is 0 Å². The first-order chi connectivity index (χ1) is 4.81. The van der Waals surface area contributed by atoms with Gasteiger partial charge in [-0.2, -0.15) is 0 Å². The van der Waals surface area contributed by atoms with Crippen LogP contribution in [0, 0.1) is 0 Å². The van der Waals surface area contributed by atoms with Crippen LogP contribution < -0.4 is 16.2 Å². The topological polar surface area (TPSA) is 53.2 Å². The lowest BCUT2D eigenvalue weighted by Crippen LogP contribution is -2.43.